The number of carbonyl (C=O) groups is 1. The average molecular weight is 353 g/mol. The maximum atomic E-state index is 12.5. The highest BCUT2D eigenvalue weighted by Crippen LogP contribution is 2.28. The van der Waals surface area contributed by atoms with Crippen molar-refractivity contribution >= 4 is 21.8 Å². The van der Waals surface area contributed by atoms with Crippen molar-refractivity contribution in [2.45, 2.75) is 37.8 Å². The molecule has 2 aliphatic rings. The zero-order valence-electron chi connectivity index (χ0n) is 12.3. The maximum Gasteiger partial charge on any atom is 0.252 e. The van der Waals surface area contributed by atoms with Gasteiger partial charge in [0.05, 0.1) is 12.7 Å². The van der Waals surface area contributed by atoms with Crippen LogP contribution in [0, 0.1) is 0 Å². The largest absolute Gasteiger partial charge is 0.497 e. The summed E-state index contributed by atoms with van der Waals surface area (Å²) in [4.78, 5) is 15.0. The Labute approximate surface area is 134 Å². The predicted octanol–water partition coefficient (Wildman–Crippen LogP) is 2.81. The van der Waals surface area contributed by atoms with E-state index in [1.54, 1.807) is 13.2 Å². The number of piperidine rings is 1. The summed E-state index contributed by atoms with van der Waals surface area (Å²) in [5.41, 5.74) is 0.642. The van der Waals surface area contributed by atoms with Gasteiger partial charge in [-0.2, -0.15) is 0 Å². The van der Waals surface area contributed by atoms with Crippen LogP contribution in [-0.4, -0.2) is 43.1 Å². The van der Waals surface area contributed by atoms with Gasteiger partial charge in [-0.1, -0.05) is 0 Å². The normalized spacial score (nSPS) is 25.4. The van der Waals surface area contributed by atoms with Gasteiger partial charge in [0, 0.05) is 23.1 Å². The summed E-state index contributed by atoms with van der Waals surface area (Å²) in [6.45, 7) is 2.33. The number of halogens is 1. The Morgan fingerprint density at radius 1 is 1.38 bits per heavy atom. The van der Waals surface area contributed by atoms with E-state index in [1.807, 2.05) is 12.1 Å². The van der Waals surface area contributed by atoms with Gasteiger partial charge in [-0.05, 0) is 66.4 Å². The Bertz CT molecular complexity index is 535. The van der Waals surface area contributed by atoms with Crippen LogP contribution >= 0.6 is 15.9 Å². The summed E-state index contributed by atoms with van der Waals surface area (Å²) >= 11 is 3.45. The van der Waals surface area contributed by atoms with E-state index >= 15 is 0 Å². The zero-order valence-corrected chi connectivity index (χ0v) is 13.9. The molecule has 114 valence electrons. The maximum absolute atomic E-state index is 12.5. The number of rotatable bonds is 3. The Morgan fingerprint density at radius 2 is 2.24 bits per heavy atom. The summed E-state index contributed by atoms with van der Waals surface area (Å²) in [6, 6.07) is 6.43. The third-order valence-corrected chi connectivity index (χ3v) is 5.27. The van der Waals surface area contributed by atoms with Gasteiger partial charge in [0.2, 0.25) is 0 Å². The fraction of sp³-hybridized carbons (Fsp3) is 0.562. The molecule has 2 saturated heterocycles. The van der Waals surface area contributed by atoms with E-state index in [2.05, 4.69) is 26.1 Å². The third-order valence-electron chi connectivity index (χ3n) is 4.57. The summed E-state index contributed by atoms with van der Waals surface area (Å²) < 4.78 is 6.00. The van der Waals surface area contributed by atoms with Crippen molar-refractivity contribution in [2.24, 2.45) is 0 Å². The molecule has 2 fully saturated rings. The second-order valence-corrected chi connectivity index (χ2v) is 6.73. The Kier molecular flexibility index (Phi) is 4.50. The summed E-state index contributed by atoms with van der Waals surface area (Å²) in [5, 5.41) is 3.19. The summed E-state index contributed by atoms with van der Waals surface area (Å²) in [6.07, 6.45) is 4.69. The Balaban J connectivity index is 1.66. The quantitative estimate of drug-likeness (QED) is 0.909. The molecule has 0 aromatic heterocycles. The lowest BCUT2D eigenvalue weighted by Crippen LogP contribution is -2.47. The molecule has 21 heavy (non-hydrogen) atoms. The van der Waals surface area contributed by atoms with E-state index in [0.29, 0.717) is 17.4 Å². The number of nitrogens with zero attached hydrogens (tertiary/aromatic N) is 1. The van der Waals surface area contributed by atoms with E-state index in [1.165, 1.54) is 19.4 Å². The van der Waals surface area contributed by atoms with Gasteiger partial charge in [-0.3, -0.25) is 4.79 Å². The van der Waals surface area contributed by atoms with Gasteiger partial charge >= 0.3 is 0 Å². The molecule has 2 unspecified atom stereocenters. The first kappa shape index (κ1) is 14.9. The minimum Gasteiger partial charge on any atom is -0.497 e. The van der Waals surface area contributed by atoms with Gasteiger partial charge in [0.25, 0.3) is 5.91 Å². The van der Waals surface area contributed by atoms with E-state index in [4.69, 9.17) is 4.74 Å². The van der Waals surface area contributed by atoms with Crippen molar-refractivity contribution < 1.29 is 9.53 Å². The number of fused-ring (bicyclic) bond motifs is 1. The van der Waals surface area contributed by atoms with Crippen molar-refractivity contribution in [3.63, 3.8) is 0 Å². The molecule has 0 aliphatic carbocycles. The highest BCUT2D eigenvalue weighted by Gasteiger charge is 2.32. The first-order chi connectivity index (χ1) is 10.2. The smallest absolute Gasteiger partial charge is 0.252 e. The molecule has 2 heterocycles. The Hall–Kier alpha value is -1.07. The number of methoxy groups -OCH3 is 1. The topological polar surface area (TPSA) is 41.6 Å². The number of nitrogens with one attached hydrogen (secondary N) is 1. The second kappa shape index (κ2) is 6.36. The van der Waals surface area contributed by atoms with Crippen molar-refractivity contribution in [3.05, 3.63) is 28.2 Å². The molecule has 0 saturated carbocycles. The molecule has 0 radical (unpaired) electrons. The number of hydrogen-bond acceptors (Lipinski definition) is 3. The summed E-state index contributed by atoms with van der Waals surface area (Å²) in [5.74, 6) is 0.686. The minimum atomic E-state index is -0.0165. The number of amides is 1. The van der Waals surface area contributed by atoms with Crippen LogP contribution in [0.2, 0.25) is 0 Å². The van der Waals surface area contributed by atoms with E-state index in [9.17, 15) is 4.79 Å². The fourth-order valence-electron chi connectivity index (χ4n) is 3.42. The van der Waals surface area contributed by atoms with Crippen LogP contribution in [0.3, 0.4) is 0 Å². The van der Waals surface area contributed by atoms with Gasteiger partial charge in [0.1, 0.15) is 5.75 Å². The van der Waals surface area contributed by atoms with E-state index in [0.717, 1.165) is 23.9 Å². The SMILES string of the molecule is COc1ccc(Br)c(C(=O)NC2CCN3CCCC3C2)c1. The molecular weight excluding hydrogens is 332 g/mol. The molecule has 3 rings (SSSR count). The van der Waals surface area contributed by atoms with Crippen LogP contribution in [0.15, 0.2) is 22.7 Å². The summed E-state index contributed by atoms with van der Waals surface area (Å²) in [7, 11) is 1.61. The lowest BCUT2D eigenvalue weighted by molar-refractivity contribution is 0.0895. The number of carbonyl (C=O) groups excluding carboxylic acids is 1. The lowest BCUT2D eigenvalue weighted by atomic mass is 9.97. The van der Waals surface area contributed by atoms with Gasteiger partial charge in [0.15, 0.2) is 0 Å². The van der Waals surface area contributed by atoms with Crippen LogP contribution in [0.1, 0.15) is 36.0 Å². The highest BCUT2D eigenvalue weighted by atomic mass is 79.9. The number of benzene rings is 1. The van der Waals surface area contributed by atoms with Crippen LogP contribution in [-0.2, 0) is 0 Å². The Morgan fingerprint density at radius 3 is 3.05 bits per heavy atom. The van der Waals surface area contributed by atoms with Crippen LogP contribution in [0.5, 0.6) is 5.75 Å². The van der Waals surface area contributed by atoms with Crippen molar-refractivity contribution in [2.75, 3.05) is 20.2 Å². The predicted molar refractivity (Wildman–Crippen MR) is 85.8 cm³/mol. The molecule has 4 nitrogen and oxygen atoms in total. The first-order valence-corrected chi connectivity index (χ1v) is 8.35. The highest BCUT2D eigenvalue weighted by molar-refractivity contribution is 9.10. The third kappa shape index (κ3) is 3.24. The molecule has 2 aliphatic heterocycles. The second-order valence-electron chi connectivity index (χ2n) is 5.87. The van der Waals surface area contributed by atoms with Gasteiger partial charge in [-0.15, -0.1) is 0 Å². The monoisotopic (exact) mass is 352 g/mol. The molecule has 1 amide bonds. The number of hydrogen-bond donors (Lipinski definition) is 1. The van der Waals surface area contributed by atoms with Crippen molar-refractivity contribution in [1.82, 2.24) is 10.2 Å². The molecule has 1 N–H and O–H groups in total. The standard InChI is InChI=1S/C16H21BrN2O2/c1-21-13-4-5-15(17)14(10-13)16(20)18-11-6-8-19-7-2-3-12(19)9-11/h4-5,10-12H,2-3,6-9H2,1H3,(H,18,20). The zero-order chi connectivity index (χ0) is 14.8. The van der Waals surface area contributed by atoms with Crippen LogP contribution in [0.4, 0.5) is 0 Å². The lowest BCUT2D eigenvalue weighted by Gasteiger charge is -2.35. The van der Waals surface area contributed by atoms with Crippen molar-refractivity contribution in [3.8, 4) is 5.75 Å². The van der Waals surface area contributed by atoms with Gasteiger partial charge < -0.3 is 15.0 Å². The van der Waals surface area contributed by atoms with E-state index < -0.39 is 0 Å². The first-order valence-electron chi connectivity index (χ1n) is 7.56. The fourth-order valence-corrected chi connectivity index (χ4v) is 3.85. The molecule has 0 spiro atoms. The molecule has 5 heteroatoms. The van der Waals surface area contributed by atoms with E-state index in [-0.39, 0.29) is 11.9 Å². The average Bonchev–Trinajstić information content (AvgIpc) is 2.95. The molecular formula is C16H21BrN2O2. The number of ether oxygens (including phenoxy) is 1. The molecule has 2 atom stereocenters. The molecule has 1 aromatic rings. The minimum absolute atomic E-state index is 0.0165. The van der Waals surface area contributed by atoms with Crippen LogP contribution < -0.4 is 10.1 Å². The molecule has 1 aromatic carbocycles. The molecule has 0 bridgehead atoms. The van der Waals surface area contributed by atoms with Crippen LogP contribution in [0.25, 0.3) is 0 Å². The van der Waals surface area contributed by atoms with Crippen molar-refractivity contribution in [1.29, 1.82) is 0 Å². The van der Waals surface area contributed by atoms with Gasteiger partial charge in [-0.25, -0.2) is 0 Å².